The summed E-state index contributed by atoms with van der Waals surface area (Å²) in [7, 11) is 1.59. The molecule has 0 saturated heterocycles. The summed E-state index contributed by atoms with van der Waals surface area (Å²) in [6, 6.07) is 16.9. The van der Waals surface area contributed by atoms with Crippen molar-refractivity contribution in [3.05, 3.63) is 88.7 Å². The van der Waals surface area contributed by atoms with E-state index in [4.69, 9.17) is 9.47 Å². The smallest absolute Gasteiger partial charge is 0.303 e. The van der Waals surface area contributed by atoms with E-state index < -0.39 is 5.97 Å². The Hall–Kier alpha value is -3.60. The lowest BCUT2D eigenvalue weighted by atomic mass is 9.79. The van der Waals surface area contributed by atoms with Crippen LogP contribution in [0.2, 0.25) is 0 Å². The average Bonchev–Trinajstić information content (AvgIpc) is 3.44. The lowest BCUT2D eigenvalue weighted by molar-refractivity contribution is -0.137. The highest BCUT2D eigenvalue weighted by molar-refractivity contribution is 5.85. The standard InChI is InChI=1S/C32H33FO4/c1-32(2)14-4-5-29(32)27-15-20(6-12-25(27)28-17-23(36-3)11-13-30(28)33)19-37-24-10-9-21-7-8-22(16-31(34)35)26(21)18-24/h5-6,9-13,15,17-18,22H,4,7-8,14,16,19H2,1-3H3,(H,34,35)/t22-/m0/s1. The van der Waals surface area contributed by atoms with E-state index in [0.29, 0.717) is 17.9 Å². The van der Waals surface area contributed by atoms with E-state index in [2.05, 4.69) is 32.1 Å². The zero-order valence-corrected chi connectivity index (χ0v) is 21.6. The molecule has 2 aliphatic carbocycles. The van der Waals surface area contributed by atoms with Crippen LogP contribution < -0.4 is 9.47 Å². The number of rotatable bonds is 8. The molecular formula is C32H33FO4. The number of hydrogen-bond acceptors (Lipinski definition) is 3. The summed E-state index contributed by atoms with van der Waals surface area (Å²) in [5.74, 6) is 0.342. The molecular weight excluding hydrogens is 467 g/mol. The van der Waals surface area contributed by atoms with Crippen LogP contribution in [0.25, 0.3) is 16.7 Å². The summed E-state index contributed by atoms with van der Waals surface area (Å²) in [6.07, 6.45) is 6.23. The van der Waals surface area contributed by atoms with Crippen LogP contribution in [0.5, 0.6) is 11.5 Å². The van der Waals surface area contributed by atoms with Gasteiger partial charge in [0.2, 0.25) is 0 Å². The number of allylic oxidation sites excluding steroid dienone is 2. The van der Waals surface area contributed by atoms with Crippen LogP contribution >= 0.6 is 0 Å². The van der Waals surface area contributed by atoms with E-state index in [9.17, 15) is 9.90 Å². The third-order valence-electron chi connectivity index (χ3n) is 7.83. The van der Waals surface area contributed by atoms with Gasteiger partial charge in [0, 0.05) is 5.56 Å². The Kier molecular flexibility index (Phi) is 6.80. The molecule has 1 atom stereocenters. The van der Waals surface area contributed by atoms with Crippen LogP contribution in [0.3, 0.4) is 0 Å². The van der Waals surface area contributed by atoms with Gasteiger partial charge in [-0.2, -0.15) is 0 Å². The Morgan fingerprint density at radius 1 is 1.03 bits per heavy atom. The lowest BCUT2D eigenvalue weighted by Gasteiger charge is -2.25. The van der Waals surface area contributed by atoms with Gasteiger partial charge >= 0.3 is 5.97 Å². The van der Waals surface area contributed by atoms with Crippen molar-refractivity contribution in [3.63, 3.8) is 0 Å². The first-order valence-electron chi connectivity index (χ1n) is 12.9. The monoisotopic (exact) mass is 500 g/mol. The quantitative estimate of drug-likeness (QED) is 0.343. The summed E-state index contributed by atoms with van der Waals surface area (Å²) in [4.78, 5) is 11.3. The number of carboxylic acids is 1. The van der Waals surface area contributed by atoms with Crippen molar-refractivity contribution in [2.24, 2.45) is 5.41 Å². The first-order chi connectivity index (χ1) is 17.7. The molecule has 0 saturated carbocycles. The Balaban J connectivity index is 1.46. The number of aliphatic carboxylic acids is 1. The minimum atomic E-state index is -0.770. The fourth-order valence-corrected chi connectivity index (χ4v) is 5.78. The summed E-state index contributed by atoms with van der Waals surface area (Å²) in [5, 5.41) is 9.26. The first-order valence-corrected chi connectivity index (χ1v) is 12.9. The van der Waals surface area contributed by atoms with Crippen molar-refractivity contribution >= 4 is 11.5 Å². The van der Waals surface area contributed by atoms with Crippen LogP contribution in [-0.2, 0) is 17.8 Å². The number of benzene rings is 3. The number of aryl methyl sites for hydroxylation is 1. The fraction of sp³-hybridized carbons (Fsp3) is 0.344. The fourth-order valence-electron chi connectivity index (χ4n) is 5.78. The van der Waals surface area contributed by atoms with E-state index >= 15 is 4.39 Å². The highest BCUT2D eigenvalue weighted by atomic mass is 19.1. The number of carboxylic acid groups (broad SMARTS) is 1. The minimum absolute atomic E-state index is 0.0112. The molecule has 2 aliphatic rings. The Bertz CT molecular complexity index is 1370. The van der Waals surface area contributed by atoms with Crippen molar-refractivity contribution in [1.29, 1.82) is 0 Å². The number of hydrogen-bond donors (Lipinski definition) is 1. The zero-order chi connectivity index (χ0) is 26.2. The van der Waals surface area contributed by atoms with Crippen LogP contribution in [0.1, 0.15) is 67.7 Å². The van der Waals surface area contributed by atoms with Crippen LogP contribution in [0, 0.1) is 11.2 Å². The minimum Gasteiger partial charge on any atom is -0.497 e. The summed E-state index contributed by atoms with van der Waals surface area (Å²) in [6.45, 7) is 4.83. The maximum absolute atomic E-state index is 15.0. The molecule has 3 aromatic rings. The highest BCUT2D eigenvalue weighted by Crippen LogP contribution is 2.47. The highest BCUT2D eigenvalue weighted by Gasteiger charge is 2.30. The van der Waals surface area contributed by atoms with E-state index in [0.717, 1.165) is 53.7 Å². The second-order valence-corrected chi connectivity index (χ2v) is 10.7. The maximum Gasteiger partial charge on any atom is 0.303 e. The van der Waals surface area contributed by atoms with Gasteiger partial charge in [0.15, 0.2) is 0 Å². The SMILES string of the molecule is COc1ccc(F)c(-c2ccc(COc3ccc4c(c3)[C@H](CC(=O)O)CC4)cc2C2=CCCC2(C)C)c1. The largest absolute Gasteiger partial charge is 0.497 e. The van der Waals surface area contributed by atoms with E-state index in [1.165, 1.54) is 17.2 Å². The Morgan fingerprint density at radius 2 is 1.84 bits per heavy atom. The normalized spacial score (nSPS) is 17.8. The van der Waals surface area contributed by atoms with Crippen LogP contribution in [0.4, 0.5) is 4.39 Å². The maximum atomic E-state index is 15.0. The Morgan fingerprint density at radius 3 is 2.57 bits per heavy atom. The van der Waals surface area contributed by atoms with Gasteiger partial charge < -0.3 is 14.6 Å². The van der Waals surface area contributed by atoms with Gasteiger partial charge in [-0.3, -0.25) is 4.79 Å². The number of methoxy groups -OCH3 is 1. The molecule has 0 unspecified atom stereocenters. The molecule has 5 heteroatoms. The van der Waals surface area contributed by atoms with Gasteiger partial charge in [-0.1, -0.05) is 38.1 Å². The van der Waals surface area contributed by atoms with Gasteiger partial charge in [0.1, 0.15) is 23.9 Å². The summed E-state index contributed by atoms with van der Waals surface area (Å²) < 4.78 is 26.6. The summed E-state index contributed by atoms with van der Waals surface area (Å²) >= 11 is 0. The van der Waals surface area contributed by atoms with Crippen molar-refractivity contribution in [3.8, 4) is 22.6 Å². The van der Waals surface area contributed by atoms with E-state index in [1.807, 2.05) is 24.3 Å². The number of ether oxygens (including phenoxy) is 2. The molecule has 4 nitrogen and oxygen atoms in total. The van der Waals surface area contributed by atoms with Crippen LogP contribution in [-0.4, -0.2) is 18.2 Å². The average molecular weight is 501 g/mol. The molecule has 0 bridgehead atoms. The van der Waals surface area contributed by atoms with E-state index in [-0.39, 0.29) is 23.6 Å². The molecule has 37 heavy (non-hydrogen) atoms. The molecule has 0 aliphatic heterocycles. The predicted octanol–water partition coefficient (Wildman–Crippen LogP) is 7.79. The predicted molar refractivity (Wildman–Crippen MR) is 143 cm³/mol. The third-order valence-corrected chi connectivity index (χ3v) is 7.83. The van der Waals surface area contributed by atoms with Crippen molar-refractivity contribution in [2.45, 2.75) is 58.5 Å². The molecule has 0 aromatic heterocycles. The van der Waals surface area contributed by atoms with Crippen LogP contribution in [0.15, 0.2) is 60.7 Å². The van der Waals surface area contributed by atoms with E-state index in [1.54, 1.807) is 19.2 Å². The topological polar surface area (TPSA) is 55.8 Å². The molecule has 3 aromatic carbocycles. The molecule has 192 valence electrons. The molecule has 0 fully saturated rings. The van der Waals surface area contributed by atoms with Crippen molar-refractivity contribution in [1.82, 2.24) is 0 Å². The number of fused-ring (bicyclic) bond motifs is 1. The molecule has 0 radical (unpaired) electrons. The molecule has 1 N–H and O–H groups in total. The van der Waals surface area contributed by atoms with Gasteiger partial charge in [-0.25, -0.2) is 4.39 Å². The lowest BCUT2D eigenvalue weighted by Crippen LogP contribution is -2.10. The number of carbonyl (C=O) groups is 1. The second kappa shape index (κ2) is 10.0. The second-order valence-electron chi connectivity index (χ2n) is 10.7. The molecule has 0 heterocycles. The number of halogens is 1. The van der Waals surface area contributed by atoms with Gasteiger partial charge in [-0.15, -0.1) is 0 Å². The Labute approximate surface area is 217 Å². The summed E-state index contributed by atoms with van der Waals surface area (Å²) in [5.41, 5.74) is 6.88. The van der Waals surface area contributed by atoms with Crippen molar-refractivity contribution in [2.75, 3.05) is 7.11 Å². The molecule has 0 spiro atoms. The molecule has 5 rings (SSSR count). The first kappa shape index (κ1) is 25.1. The molecule has 0 amide bonds. The van der Waals surface area contributed by atoms with Gasteiger partial charge in [-0.05, 0) is 107 Å². The van der Waals surface area contributed by atoms with Crippen molar-refractivity contribution < 1.29 is 23.8 Å². The van der Waals surface area contributed by atoms with Gasteiger partial charge in [0.25, 0.3) is 0 Å². The third kappa shape index (κ3) is 5.13. The van der Waals surface area contributed by atoms with Gasteiger partial charge in [0.05, 0.1) is 13.5 Å². The zero-order valence-electron chi connectivity index (χ0n) is 21.6.